The molecule has 0 atom stereocenters. The second-order valence-electron chi connectivity index (χ2n) is 7.00. The molecule has 1 aliphatic heterocycles. The molecule has 1 fully saturated rings. The molecule has 1 aliphatic rings. The number of halogens is 2. The van der Waals surface area contributed by atoms with Gasteiger partial charge in [-0.15, -0.1) is 0 Å². The standard InChI is InChI=1S/C20H23Cl2N3O3S/c1-29(27,28)25(19-12-16(21)6-9-18(19)22)14-20(26)23-13-15-4-7-17(8-5-15)24-10-2-3-11-24/h4-9,12H,2-3,10-11,13-14H2,1H3,(H,23,26). The number of hydrogen-bond acceptors (Lipinski definition) is 4. The van der Waals surface area contributed by atoms with Gasteiger partial charge in [0.25, 0.3) is 0 Å². The van der Waals surface area contributed by atoms with Gasteiger partial charge >= 0.3 is 0 Å². The Bertz CT molecular complexity index is 975. The molecule has 0 radical (unpaired) electrons. The lowest BCUT2D eigenvalue weighted by atomic mass is 10.2. The van der Waals surface area contributed by atoms with Crippen molar-refractivity contribution in [1.29, 1.82) is 0 Å². The number of amides is 1. The van der Waals surface area contributed by atoms with Crippen LogP contribution in [0.4, 0.5) is 11.4 Å². The average Bonchev–Trinajstić information content (AvgIpc) is 3.21. The lowest BCUT2D eigenvalue weighted by Gasteiger charge is -2.23. The number of benzene rings is 2. The predicted molar refractivity (Wildman–Crippen MR) is 118 cm³/mol. The molecule has 9 heteroatoms. The Labute approximate surface area is 181 Å². The minimum atomic E-state index is -3.73. The Morgan fingerprint density at radius 3 is 2.38 bits per heavy atom. The van der Waals surface area contributed by atoms with Crippen LogP contribution in [0.15, 0.2) is 42.5 Å². The van der Waals surface area contributed by atoms with E-state index in [0.717, 1.165) is 29.2 Å². The number of hydrogen-bond donors (Lipinski definition) is 1. The van der Waals surface area contributed by atoms with E-state index in [9.17, 15) is 13.2 Å². The fourth-order valence-electron chi connectivity index (χ4n) is 3.24. The maximum Gasteiger partial charge on any atom is 0.241 e. The van der Waals surface area contributed by atoms with Crippen LogP contribution in [0.1, 0.15) is 18.4 Å². The van der Waals surface area contributed by atoms with E-state index in [0.29, 0.717) is 11.6 Å². The van der Waals surface area contributed by atoms with Crippen LogP contribution in [0.3, 0.4) is 0 Å². The molecule has 156 valence electrons. The third kappa shape index (κ3) is 5.78. The first-order chi connectivity index (χ1) is 13.7. The summed E-state index contributed by atoms with van der Waals surface area (Å²) < 4.78 is 25.4. The topological polar surface area (TPSA) is 69.7 Å². The van der Waals surface area contributed by atoms with Crippen LogP contribution >= 0.6 is 23.2 Å². The van der Waals surface area contributed by atoms with Crippen molar-refractivity contribution in [1.82, 2.24) is 5.32 Å². The van der Waals surface area contributed by atoms with Gasteiger partial charge in [-0.25, -0.2) is 8.42 Å². The van der Waals surface area contributed by atoms with E-state index in [4.69, 9.17) is 23.2 Å². The summed E-state index contributed by atoms with van der Waals surface area (Å²) in [6.45, 7) is 2.07. The third-order valence-corrected chi connectivity index (χ3v) is 6.44. The molecule has 1 amide bonds. The molecular formula is C20H23Cl2N3O3S. The Morgan fingerprint density at radius 1 is 1.10 bits per heavy atom. The highest BCUT2D eigenvalue weighted by molar-refractivity contribution is 7.92. The van der Waals surface area contributed by atoms with Crippen LogP contribution < -0.4 is 14.5 Å². The van der Waals surface area contributed by atoms with E-state index >= 15 is 0 Å². The molecule has 0 saturated carbocycles. The molecule has 0 aliphatic carbocycles. The van der Waals surface area contributed by atoms with Gasteiger partial charge in [-0.1, -0.05) is 35.3 Å². The van der Waals surface area contributed by atoms with E-state index in [-0.39, 0.29) is 17.3 Å². The molecule has 1 saturated heterocycles. The van der Waals surface area contributed by atoms with Gasteiger partial charge in [0.1, 0.15) is 6.54 Å². The highest BCUT2D eigenvalue weighted by atomic mass is 35.5. The van der Waals surface area contributed by atoms with E-state index in [1.807, 2.05) is 24.3 Å². The van der Waals surface area contributed by atoms with Crippen LogP contribution in [0.5, 0.6) is 0 Å². The smallest absolute Gasteiger partial charge is 0.241 e. The van der Waals surface area contributed by atoms with E-state index < -0.39 is 15.9 Å². The number of sulfonamides is 1. The summed E-state index contributed by atoms with van der Waals surface area (Å²) in [6.07, 6.45) is 3.45. The second kappa shape index (κ2) is 9.24. The summed E-state index contributed by atoms with van der Waals surface area (Å²) in [5.74, 6) is -0.435. The summed E-state index contributed by atoms with van der Waals surface area (Å²) in [6, 6.07) is 12.5. The number of anilines is 2. The van der Waals surface area contributed by atoms with E-state index in [1.54, 1.807) is 6.07 Å². The zero-order valence-electron chi connectivity index (χ0n) is 16.1. The lowest BCUT2D eigenvalue weighted by molar-refractivity contribution is -0.119. The quantitative estimate of drug-likeness (QED) is 0.690. The molecule has 6 nitrogen and oxygen atoms in total. The molecule has 1 heterocycles. The molecule has 29 heavy (non-hydrogen) atoms. The first-order valence-electron chi connectivity index (χ1n) is 9.27. The summed E-state index contributed by atoms with van der Waals surface area (Å²) in [7, 11) is -3.73. The van der Waals surface area contributed by atoms with Crippen LogP contribution in [0.25, 0.3) is 0 Å². The summed E-state index contributed by atoms with van der Waals surface area (Å²) in [5, 5.41) is 3.29. The second-order valence-corrected chi connectivity index (χ2v) is 9.75. The maximum absolute atomic E-state index is 12.4. The maximum atomic E-state index is 12.4. The van der Waals surface area contributed by atoms with Crippen LogP contribution in [-0.2, 0) is 21.4 Å². The van der Waals surface area contributed by atoms with Crippen molar-refractivity contribution in [3.05, 3.63) is 58.1 Å². The number of carbonyl (C=O) groups is 1. The fraction of sp³-hybridized carbons (Fsp3) is 0.350. The van der Waals surface area contributed by atoms with Gasteiger partial charge in [0.2, 0.25) is 15.9 Å². The molecular weight excluding hydrogens is 433 g/mol. The highest BCUT2D eigenvalue weighted by Crippen LogP contribution is 2.30. The van der Waals surface area contributed by atoms with Gasteiger partial charge in [0.05, 0.1) is 17.0 Å². The normalized spacial score (nSPS) is 14.1. The van der Waals surface area contributed by atoms with Crippen LogP contribution in [0.2, 0.25) is 10.0 Å². The van der Waals surface area contributed by atoms with Crippen molar-refractivity contribution in [3.63, 3.8) is 0 Å². The molecule has 0 aromatic heterocycles. The highest BCUT2D eigenvalue weighted by Gasteiger charge is 2.23. The molecule has 1 N–H and O–H groups in total. The van der Waals surface area contributed by atoms with Gasteiger partial charge in [-0.3, -0.25) is 9.10 Å². The predicted octanol–water partition coefficient (Wildman–Crippen LogP) is 3.68. The van der Waals surface area contributed by atoms with Crippen molar-refractivity contribution in [2.45, 2.75) is 19.4 Å². The number of nitrogens with zero attached hydrogens (tertiary/aromatic N) is 2. The summed E-state index contributed by atoms with van der Waals surface area (Å²) in [4.78, 5) is 14.8. The molecule has 0 unspecified atom stereocenters. The first-order valence-corrected chi connectivity index (χ1v) is 11.9. The minimum absolute atomic E-state index is 0.173. The fourth-order valence-corrected chi connectivity index (χ4v) is 4.54. The van der Waals surface area contributed by atoms with E-state index in [1.165, 1.54) is 30.7 Å². The van der Waals surface area contributed by atoms with Crippen molar-refractivity contribution < 1.29 is 13.2 Å². The van der Waals surface area contributed by atoms with Crippen molar-refractivity contribution >= 4 is 50.5 Å². The first kappa shape index (κ1) is 21.7. The van der Waals surface area contributed by atoms with Gasteiger partial charge < -0.3 is 10.2 Å². The largest absolute Gasteiger partial charge is 0.372 e. The summed E-state index contributed by atoms with van der Waals surface area (Å²) in [5.41, 5.74) is 2.29. The Balaban J connectivity index is 1.64. The molecule has 2 aromatic rings. The van der Waals surface area contributed by atoms with E-state index in [2.05, 4.69) is 10.2 Å². The number of nitrogens with one attached hydrogen (secondary N) is 1. The SMILES string of the molecule is CS(=O)(=O)N(CC(=O)NCc1ccc(N2CCCC2)cc1)c1cc(Cl)ccc1Cl. The van der Waals surface area contributed by atoms with Crippen LogP contribution in [0, 0.1) is 0 Å². The van der Waals surface area contributed by atoms with Crippen molar-refractivity contribution in [3.8, 4) is 0 Å². The third-order valence-electron chi connectivity index (χ3n) is 4.76. The van der Waals surface area contributed by atoms with Gasteiger partial charge in [-0.05, 0) is 48.7 Å². The minimum Gasteiger partial charge on any atom is -0.372 e. The monoisotopic (exact) mass is 455 g/mol. The summed E-state index contributed by atoms with van der Waals surface area (Å²) >= 11 is 12.1. The number of carbonyl (C=O) groups excluding carboxylic acids is 1. The average molecular weight is 456 g/mol. The molecule has 3 rings (SSSR count). The Hall–Kier alpha value is -1.96. The lowest BCUT2D eigenvalue weighted by Crippen LogP contribution is -2.40. The molecule has 0 spiro atoms. The zero-order chi connectivity index (χ0) is 21.0. The Morgan fingerprint density at radius 2 is 1.76 bits per heavy atom. The molecule has 0 bridgehead atoms. The van der Waals surface area contributed by atoms with Crippen LogP contribution in [-0.4, -0.2) is 40.2 Å². The molecule has 2 aromatic carbocycles. The van der Waals surface area contributed by atoms with Gasteiger partial charge in [-0.2, -0.15) is 0 Å². The van der Waals surface area contributed by atoms with Gasteiger partial charge in [0, 0.05) is 30.3 Å². The van der Waals surface area contributed by atoms with Crippen molar-refractivity contribution in [2.24, 2.45) is 0 Å². The number of rotatable bonds is 7. The zero-order valence-corrected chi connectivity index (χ0v) is 18.4. The van der Waals surface area contributed by atoms with Gasteiger partial charge in [0.15, 0.2) is 0 Å². The van der Waals surface area contributed by atoms with Crippen molar-refractivity contribution in [2.75, 3.05) is 35.1 Å². The Kier molecular flexibility index (Phi) is 6.93.